The van der Waals surface area contributed by atoms with Crippen LogP contribution in [-0.4, -0.2) is 63.5 Å². The summed E-state index contributed by atoms with van der Waals surface area (Å²) in [6.45, 7) is 13.8. The van der Waals surface area contributed by atoms with Gasteiger partial charge in [-0.15, -0.1) is 5.01 Å². The van der Waals surface area contributed by atoms with E-state index in [4.69, 9.17) is 18.9 Å². The number of carbonyl (C=O) groups excluding carboxylic acids is 5. The van der Waals surface area contributed by atoms with Crippen molar-refractivity contribution in [1.82, 2.24) is 15.3 Å². The van der Waals surface area contributed by atoms with Gasteiger partial charge in [-0.25, -0.2) is 24.2 Å². The van der Waals surface area contributed by atoms with Crippen LogP contribution in [-0.2, 0) is 41.8 Å². The number of benzene rings is 2. The molecule has 0 aliphatic heterocycles. The van der Waals surface area contributed by atoms with Crippen LogP contribution in [0.25, 0.3) is 0 Å². The SMILES string of the molecule is CC(NC(=O)OCc1ccccc1)C(=O)N(C(C(=O)OCc1ccccc1)C(C)C)N(C(=O)OC(C)(C)C)C(=O)OC(C)(C)C. The Hall–Kier alpha value is -4.61. The van der Waals surface area contributed by atoms with Crippen molar-refractivity contribution in [2.24, 2.45) is 5.92 Å². The molecule has 2 rings (SSSR count). The molecule has 1 N–H and O–H groups in total. The number of alkyl carbamates (subject to hydrolysis) is 1. The molecule has 0 fully saturated rings. The van der Waals surface area contributed by atoms with E-state index >= 15 is 0 Å². The topological polar surface area (TPSA) is 141 Å². The van der Waals surface area contributed by atoms with Gasteiger partial charge in [-0.1, -0.05) is 74.5 Å². The van der Waals surface area contributed by atoms with Crippen LogP contribution in [0.1, 0.15) is 73.4 Å². The molecule has 246 valence electrons. The zero-order chi connectivity index (χ0) is 33.9. The van der Waals surface area contributed by atoms with Crippen molar-refractivity contribution in [2.45, 2.75) is 98.8 Å². The highest BCUT2D eigenvalue weighted by Gasteiger charge is 2.47. The summed E-state index contributed by atoms with van der Waals surface area (Å²) in [6, 6.07) is 14.9. The minimum atomic E-state index is -1.52. The Balaban J connectivity index is 2.51. The Morgan fingerprint density at radius 2 is 1.11 bits per heavy atom. The Morgan fingerprint density at radius 1 is 0.689 bits per heavy atom. The van der Waals surface area contributed by atoms with Crippen molar-refractivity contribution in [3.63, 3.8) is 0 Å². The zero-order valence-electron chi connectivity index (χ0n) is 27.5. The van der Waals surface area contributed by atoms with Crippen molar-refractivity contribution < 1.29 is 42.9 Å². The van der Waals surface area contributed by atoms with Gasteiger partial charge in [-0.05, 0) is 65.5 Å². The van der Waals surface area contributed by atoms with E-state index in [2.05, 4.69) is 5.32 Å². The molecular formula is C33H45N3O9. The van der Waals surface area contributed by atoms with Crippen molar-refractivity contribution in [2.75, 3.05) is 0 Å². The lowest BCUT2D eigenvalue weighted by molar-refractivity contribution is -0.173. The average molecular weight is 628 g/mol. The van der Waals surface area contributed by atoms with E-state index in [1.165, 1.54) is 6.92 Å². The van der Waals surface area contributed by atoms with Crippen LogP contribution in [0, 0.1) is 5.92 Å². The molecule has 0 aromatic heterocycles. The van der Waals surface area contributed by atoms with E-state index in [0.29, 0.717) is 15.6 Å². The van der Waals surface area contributed by atoms with Gasteiger partial charge in [-0.3, -0.25) is 4.79 Å². The molecule has 12 nitrogen and oxygen atoms in total. The van der Waals surface area contributed by atoms with Crippen molar-refractivity contribution >= 4 is 30.2 Å². The van der Waals surface area contributed by atoms with Crippen LogP contribution < -0.4 is 5.32 Å². The van der Waals surface area contributed by atoms with E-state index in [-0.39, 0.29) is 13.2 Å². The van der Waals surface area contributed by atoms with Crippen LogP contribution in [0.15, 0.2) is 60.7 Å². The molecule has 0 aliphatic rings. The second-order valence-electron chi connectivity index (χ2n) is 12.7. The van der Waals surface area contributed by atoms with E-state index in [9.17, 15) is 24.0 Å². The molecule has 2 aromatic carbocycles. The first-order chi connectivity index (χ1) is 20.9. The first-order valence-electron chi connectivity index (χ1n) is 14.7. The van der Waals surface area contributed by atoms with Crippen LogP contribution in [0.5, 0.6) is 0 Å². The second kappa shape index (κ2) is 15.9. The third-order valence-corrected chi connectivity index (χ3v) is 5.85. The largest absolute Gasteiger partial charge is 0.459 e. The Kier molecular flexibility index (Phi) is 12.9. The smallest absolute Gasteiger partial charge is 0.439 e. The van der Waals surface area contributed by atoms with Gasteiger partial charge >= 0.3 is 24.2 Å². The lowest BCUT2D eigenvalue weighted by atomic mass is 10.0. The quantitative estimate of drug-likeness (QED) is 0.202. The summed E-state index contributed by atoms with van der Waals surface area (Å²) in [6.07, 6.45) is -3.48. The zero-order valence-corrected chi connectivity index (χ0v) is 27.5. The van der Waals surface area contributed by atoms with Gasteiger partial charge in [-0.2, -0.15) is 0 Å². The number of hydrogen-bond donors (Lipinski definition) is 1. The second-order valence-corrected chi connectivity index (χ2v) is 12.7. The maximum Gasteiger partial charge on any atom is 0.439 e. The average Bonchev–Trinajstić information content (AvgIpc) is 2.93. The highest BCUT2D eigenvalue weighted by atomic mass is 16.6. The van der Waals surface area contributed by atoms with Crippen molar-refractivity contribution in [3.05, 3.63) is 71.8 Å². The summed E-state index contributed by atoms with van der Waals surface area (Å²) in [5, 5.41) is 3.40. The minimum Gasteiger partial charge on any atom is -0.459 e. The predicted molar refractivity (Wildman–Crippen MR) is 165 cm³/mol. The van der Waals surface area contributed by atoms with Gasteiger partial charge in [0.2, 0.25) is 0 Å². The number of hydrazine groups is 1. The number of ether oxygens (including phenoxy) is 4. The standard InChI is InChI=1S/C33H45N3O9/c1-22(2)26(28(38)42-20-24-16-12-10-13-17-24)35(36(30(40)44-32(4,5)6)31(41)45-33(7,8)9)27(37)23(3)34-29(39)43-21-25-18-14-11-15-19-25/h10-19,22-23,26H,20-21H2,1-9H3,(H,34,39). The molecule has 45 heavy (non-hydrogen) atoms. The fraction of sp³-hybridized carbons (Fsp3) is 0.485. The van der Waals surface area contributed by atoms with Crippen LogP contribution in [0.4, 0.5) is 14.4 Å². The molecule has 0 saturated heterocycles. The summed E-state index contributed by atoms with van der Waals surface area (Å²) < 4.78 is 21.8. The molecule has 0 spiro atoms. The monoisotopic (exact) mass is 627 g/mol. The number of nitrogens with one attached hydrogen (secondary N) is 1. The van der Waals surface area contributed by atoms with Gasteiger partial charge in [0.25, 0.3) is 5.91 Å². The van der Waals surface area contributed by atoms with Gasteiger partial charge in [0.15, 0.2) is 6.04 Å². The summed E-state index contributed by atoms with van der Waals surface area (Å²) in [7, 11) is 0. The lowest BCUT2D eigenvalue weighted by Gasteiger charge is -2.40. The van der Waals surface area contributed by atoms with Crippen molar-refractivity contribution in [3.8, 4) is 0 Å². The number of nitrogens with zero attached hydrogens (tertiary/aromatic N) is 2. The summed E-state index contributed by atoms with van der Waals surface area (Å²) in [5.74, 6) is -2.60. The number of esters is 1. The van der Waals surface area contributed by atoms with E-state index in [1.807, 2.05) is 6.07 Å². The predicted octanol–water partition coefficient (Wildman–Crippen LogP) is 5.99. The number of rotatable bonds is 9. The fourth-order valence-electron chi connectivity index (χ4n) is 3.89. The normalized spacial score (nSPS) is 12.8. The minimum absolute atomic E-state index is 0.0698. The first kappa shape index (κ1) is 36.6. The van der Waals surface area contributed by atoms with Gasteiger partial charge in [0, 0.05) is 0 Å². The summed E-state index contributed by atoms with van der Waals surface area (Å²) in [4.78, 5) is 67.7. The van der Waals surface area contributed by atoms with E-state index < -0.39 is 59.4 Å². The van der Waals surface area contributed by atoms with Crippen LogP contribution in [0.3, 0.4) is 0 Å². The number of carbonyl (C=O) groups is 5. The summed E-state index contributed by atoms with van der Waals surface area (Å²) >= 11 is 0. The molecular weight excluding hydrogens is 582 g/mol. The van der Waals surface area contributed by atoms with Gasteiger partial charge in [0.1, 0.15) is 30.5 Å². The molecule has 4 amide bonds. The van der Waals surface area contributed by atoms with E-state index in [0.717, 1.165) is 5.56 Å². The van der Waals surface area contributed by atoms with Crippen LogP contribution >= 0.6 is 0 Å². The Labute approximate surface area is 264 Å². The maximum atomic E-state index is 14.1. The number of imide groups is 1. The number of hydrogen-bond acceptors (Lipinski definition) is 9. The van der Waals surface area contributed by atoms with Gasteiger partial charge < -0.3 is 24.3 Å². The molecule has 0 radical (unpaired) electrons. The first-order valence-corrected chi connectivity index (χ1v) is 14.7. The molecule has 2 atom stereocenters. The molecule has 0 saturated carbocycles. The van der Waals surface area contributed by atoms with Crippen molar-refractivity contribution in [1.29, 1.82) is 0 Å². The summed E-state index contributed by atoms with van der Waals surface area (Å²) in [5.41, 5.74) is -0.801. The highest BCUT2D eigenvalue weighted by Crippen LogP contribution is 2.23. The van der Waals surface area contributed by atoms with Gasteiger partial charge in [0.05, 0.1) is 0 Å². The lowest BCUT2D eigenvalue weighted by Crippen LogP contribution is -2.65. The molecule has 0 heterocycles. The molecule has 0 bridgehead atoms. The third kappa shape index (κ3) is 12.1. The maximum absolute atomic E-state index is 14.1. The van der Waals surface area contributed by atoms with E-state index in [1.54, 1.807) is 110 Å². The highest BCUT2D eigenvalue weighted by molar-refractivity contribution is 5.96. The molecule has 2 aromatic rings. The number of amides is 4. The Morgan fingerprint density at radius 3 is 1.51 bits per heavy atom. The third-order valence-electron chi connectivity index (χ3n) is 5.85. The molecule has 12 heteroatoms. The fourth-order valence-corrected chi connectivity index (χ4v) is 3.89. The van der Waals surface area contributed by atoms with Crippen LogP contribution in [0.2, 0.25) is 0 Å². The Bertz CT molecular complexity index is 1270. The molecule has 0 aliphatic carbocycles. The molecule has 2 unspecified atom stereocenters.